The van der Waals surface area contributed by atoms with Crippen LogP contribution in [0.2, 0.25) is 0 Å². The van der Waals surface area contributed by atoms with Crippen molar-refractivity contribution < 1.29 is 4.79 Å². The molecule has 4 nitrogen and oxygen atoms in total. The van der Waals surface area contributed by atoms with E-state index in [0.29, 0.717) is 19.3 Å². The van der Waals surface area contributed by atoms with Crippen molar-refractivity contribution in [2.75, 3.05) is 0 Å². The fraction of sp³-hybridized carbons (Fsp3) is 0.214. The number of nitrogens with zero attached hydrogens (tertiary/aromatic N) is 3. The number of carbonyl (C=O) groups is 1. The third-order valence-corrected chi connectivity index (χ3v) is 3.68. The van der Waals surface area contributed by atoms with Crippen LogP contribution in [0, 0.1) is 0 Å². The molecule has 0 amide bonds. The summed E-state index contributed by atoms with van der Waals surface area (Å²) < 4.78 is 1.95. The summed E-state index contributed by atoms with van der Waals surface area (Å²) >= 11 is 1.58. The molecule has 0 saturated heterocycles. The number of aromatic nitrogens is 3. The van der Waals surface area contributed by atoms with Crippen molar-refractivity contribution in [1.82, 2.24) is 14.4 Å². The lowest BCUT2D eigenvalue weighted by Gasteiger charge is -1.99. The summed E-state index contributed by atoms with van der Waals surface area (Å²) in [6.07, 6.45) is 7.24. The van der Waals surface area contributed by atoms with Gasteiger partial charge in [0, 0.05) is 36.1 Å². The van der Waals surface area contributed by atoms with Gasteiger partial charge in [0.15, 0.2) is 4.96 Å². The fourth-order valence-electron chi connectivity index (χ4n) is 1.97. The van der Waals surface area contributed by atoms with E-state index < -0.39 is 0 Å². The minimum absolute atomic E-state index is 0.205. The van der Waals surface area contributed by atoms with Gasteiger partial charge in [0.2, 0.25) is 0 Å². The molecule has 0 atom stereocenters. The van der Waals surface area contributed by atoms with E-state index in [9.17, 15) is 4.79 Å². The molecule has 0 saturated carbocycles. The highest BCUT2D eigenvalue weighted by atomic mass is 32.1. The molecule has 3 aromatic heterocycles. The molecule has 0 aliphatic carbocycles. The first-order chi connectivity index (χ1) is 9.31. The van der Waals surface area contributed by atoms with Gasteiger partial charge in [0.25, 0.3) is 0 Å². The smallest absolute Gasteiger partial charge is 0.193 e. The zero-order valence-corrected chi connectivity index (χ0v) is 11.1. The van der Waals surface area contributed by atoms with Crippen LogP contribution in [0.1, 0.15) is 17.8 Å². The van der Waals surface area contributed by atoms with Crippen molar-refractivity contribution in [3.63, 3.8) is 0 Å². The van der Waals surface area contributed by atoms with Gasteiger partial charge >= 0.3 is 0 Å². The second kappa shape index (κ2) is 5.32. The maximum absolute atomic E-state index is 11.9. The summed E-state index contributed by atoms with van der Waals surface area (Å²) in [4.78, 5) is 21.5. The number of aryl methyl sites for hydroxylation is 1. The monoisotopic (exact) mass is 271 g/mol. The number of ketones is 1. The lowest BCUT2D eigenvalue weighted by atomic mass is 10.1. The van der Waals surface area contributed by atoms with E-state index in [1.807, 2.05) is 40.4 Å². The molecule has 0 aromatic carbocycles. The molecule has 0 fully saturated rings. The second-order valence-electron chi connectivity index (χ2n) is 4.36. The molecule has 5 heteroatoms. The molecule has 96 valence electrons. The Labute approximate surface area is 114 Å². The molecule has 3 rings (SSSR count). The van der Waals surface area contributed by atoms with E-state index in [4.69, 9.17) is 0 Å². The highest BCUT2D eigenvalue weighted by Crippen LogP contribution is 2.12. The minimum Gasteiger partial charge on any atom is -0.299 e. The fourth-order valence-corrected chi connectivity index (χ4v) is 2.68. The molecule has 0 bridgehead atoms. The van der Waals surface area contributed by atoms with Crippen LogP contribution in [0.4, 0.5) is 0 Å². The van der Waals surface area contributed by atoms with Crippen molar-refractivity contribution in [3.8, 4) is 0 Å². The Morgan fingerprint density at radius 1 is 1.32 bits per heavy atom. The summed E-state index contributed by atoms with van der Waals surface area (Å²) in [7, 11) is 0. The molecular weight excluding hydrogens is 258 g/mol. The molecule has 0 spiro atoms. The Kier molecular flexibility index (Phi) is 3.37. The van der Waals surface area contributed by atoms with E-state index in [1.54, 1.807) is 17.5 Å². The quantitative estimate of drug-likeness (QED) is 0.716. The van der Waals surface area contributed by atoms with Gasteiger partial charge in [-0.05, 0) is 18.6 Å². The number of carbonyl (C=O) groups excluding carboxylic acids is 1. The number of rotatable bonds is 5. The van der Waals surface area contributed by atoms with Gasteiger partial charge in [-0.2, -0.15) is 0 Å². The van der Waals surface area contributed by atoms with Gasteiger partial charge in [-0.1, -0.05) is 6.07 Å². The molecule has 0 aliphatic rings. The molecule has 0 radical (unpaired) electrons. The van der Waals surface area contributed by atoms with Crippen LogP contribution >= 0.6 is 11.3 Å². The van der Waals surface area contributed by atoms with Crippen molar-refractivity contribution >= 4 is 22.1 Å². The van der Waals surface area contributed by atoms with Crippen LogP contribution in [0.5, 0.6) is 0 Å². The van der Waals surface area contributed by atoms with Crippen LogP contribution in [-0.2, 0) is 17.6 Å². The maximum Gasteiger partial charge on any atom is 0.193 e. The van der Waals surface area contributed by atoms with Crippen molar-refractivity contribution in [3.05, 3.63) is 53.6 Å². The first kappa shape index (κ1) is 12.0. The molecular formula is C14H13N3OS. The van der Waals surface area contributed by atoms with Gasteiger partial charge in [-0.15, -0.1) is 11.3 Å². The first-order valence-electron chi connectivity index (χ1n) is 6.14. The van der Waals surface area contributed by atoms with Gasteiger partial charge in [-0.25, -0.2) is 4.98 Å². The van der Waals surface area contributed by atoms with E-state index in [1.165, 1.54) is 0 Å². The van der Waals surface area contributed by atoms with Crippen LogP contribution in [0.15, 0.2) is 42.2 Å². The zero-order valence-electron chi connectivity index (χ0n) is 10.3. The lowest BCUT2D eigenvalue weighted by molar-refractivity contribution is -0.118. The summed E-state index contributed by atoms with van der Waals surface area (Å²) in [5.41, 5.74) is 1.81. The minimum atomic E-state index is 0.205. The van der Waals surface area contributed by atoms with Crippen LogP contribution in [0.3, 0.4) is 0 Å². The van der Waals surface area contributed by atoms with E-state index in [-0.39, 0.29) is 5.78 Å². The molecule has 3 heterocycles. The number of thiazole rings is 1. The zero-order chi connectivity index (χ0) is 13.1. The van der Waals surface area contributed by atoms with E-state index >= 15 is 0 Å². The largest absolute Gasteiger partial charge is 0.299 e. The Balaban J connectivity index is 1.58. The Hall–Kier alpha value is -2.01. The average molecular weight is 271 g/mol. The van der Waals surface area contributed by atoms with E-state index in [2.05, 4.69) is 9.97 Å². The first-order valence-corrected chi connectivity index (χ1v) is 7.02. The molecule has 0 N–H and O–H groups in total. The molecule has 0 unspecified atom stereocenters. The molecule has 0 aliphatic heterocycles. The van der Waals surface area contributed by atoms with Gasteiger partial charge in [-0.3, -0.25) is 14.2 Å². The highest BCUT2D eigenvalue weighted by Gasteiger charge is 2.08. The highest BCUT2D eigenvalue weighted by molar-refractivity contribution is 7.15. The number of pyridine rings is 1. The predicted molar refractivity (Wildman–Crippen MR) is 74.3 cm³/mol. The standard InChI is InChI=1S/C14H13N3OS/c18-13(5-4-11-3-1-2-6-15-11)9-12-10-17-7-8-19-14(17)16-12/h1-3,6-8,10H,4-5,9H2. The average Bonchev–Trinajstić information content (AvgIpc) is 2.98. The summed E-state index contributed by atoms with van der Waals surface area (Å²) in [6, 6.07) is 5.76. The van der Waals surface area contributed by atoms with Crippen LogP contribution in [0.25, 0.3) is 4.96 Å². The Morgan fingerprint density at radius 3 is 3.05 bits per heavy atom. The van der Waals surface area contributed by atoms with Crippen LogP contribution in [-0.4, -0.2) is 20.2 Å². The molecule has 3 aromatic rings. The Morgan fingerprint density at radius 2 is 2.26 bits per heavy atom. The summed E-state index contributed by atoms with van der Waals surface area (Å²) in [5.74, 6) is 0.205. The second-order valence-corrected chi connectivity index (χ2v) is 5.23. The number of Topliss-reactive ketones (excluding diaryl/α,β-unsaturated/α-hetero) is 1. The SMILES string of the molecule is O=C(CCc1ccccn1)Cc1cn2ccsc2n1. The van der Waals surface area contributed by atoms with Gasteiger partial charge < -0.3 is 0 Å². The number of fused-ring (bicyclic) bond motifs is 1. The number of imidazole rings is 1. The third-order valence-electron chi connectivity index (χ3n) is 2.91. The topological polar surface area (TPSA) is 47.3 Å². The number of hydrogen-bond acceptors (Lipinski definition) is 4. The third kappa shape index (κ3) is 2.88. The summed E-state index contributed by atoms with van der Waals surface area (Å²) in [6.45, 7) is 0. The number of hydrogen-bond donors (Lipinski definition) is 0. The van der Waals surface area contributed by atoms with Gasteiger partial charge in [0.05, 0.1) is 12.1 Å². The maximum atomic E-state index is 11.9. The van der Waals surface area contributed by atoms with Crippen molar-refractivity contribution in [1.29, 1.82) is 0 Å². The van der Waals surface area contributed by atoms with Gasteiger partial charge in [0.1, 0.15) is 5.78 Å². The normalized spacial score (nSPS) is 10.9. The van der Waals surface area contributed by atoms with Crippen LogP contribution < -0.4 is 0 Å². The lowest BCUT2D eigenvalue weighted by Crippen LogP contribution is -2.05. The van der Waals surface area contributed by atoms with Crippen molar-refractivity contribution in [2.24, 2.45) is 0 Å². The molecule has 19 heavy (non-hydrogen) atoms. The Bertz CT molecular complexity index is 658. The predicted octanol–water partition coefficient (Wildman–Crippen LogP) is 2.54. The summed E-state index contributed by atoms with van der Waals surface area (Å²) in [5, 5.41) is 1.98. The van der Waals surface area contributed by atoms with E-state index in [0.717, 1.165) is 16.3 Å². The van der Waals surface area contributed by atoms with Crippen molar-refractivity contribution in [2.45, 2.75) is 19.3 Å².